The molecule has 2 unspecified atom stereocenters. The second-order valence-electron chi connectivity index (χ2n) is 4.42. The highest BCUT2D eigenvalue weighted by Crippen LogP contribution is 2.23. The predicted octanol–water partition coefficient (Wildman–Crippen LogP) is 0.793. The first-order valence-electron chi connectivity index (χ1n) is 5.42. The van der Waals surface area contributed by atoms with Gasteiger partial charge in [-0.05, 0) is 30.2 Å². The van der Waals surface area contributed by atoms with E-state index in [9.17, 15) is 12.8 Å². The van der Waals surface area contributed by atoms with Crippen LogP contribution in [-0.4, -0.2) is 31.9 Å². The Bertz CT molecular complexity index is 491. The molecule has 4 nitrogen and oxygen atoms in total. The molecule has 2 N–H and O–H groups in total. The van der Waals surface area contributed by atoms with Gasteiger partial charge in [0.25, 0.3) is 0 Å². The number of benzene rings is 1. The molecule has 17 heavy (non-hydrogen) atoms. The molecule has 1 aliphatic rings. The summed E-state index contributed by atoms with van der Waals surface area (Å²) < 4.78 is 38.5. The van der Waals surface area contributed by atoms with E-state index in [1.807, 2.05) is 6.92 Å². The maximum atomic E-state index is 12.7. The Morgan fingerprint density at radius 3 is 2.35 bits per heavy atom. The van der Waals surface area contributed by atoms with Crippen molar-refractivity contribution in [2.45, 2.75) is 17.9 Å². The third kappa shape index (κ3) is 2.34. The van der Waals surface area contributed by atoms with Crippen LogP contribution in [0.3, 0.4) is 0 Å². The van der Waals surface area contributed by atoms with Crippen LogP contribution in [0.1, 0.15) is 6.92 Å². The average Bonchev–Trinajstić information content (AvgIpc) is 2.60. The van der Waals surface area contributed by atoms with Gasteiger partial charge in [-0.25, -0.2) is 12.8 Å². The topological polar surface area (TPSA) is 63.4 Å². The first-order chi connectivity index (χ1) is 7.91. The Hall–Kier alpha value is -0.980. The van der Waals surface area contributed by atoms with Crippen molar-refractivity contribution < 1.29 is 12.8 Å². The van der Waals surface area contributed by atoms with E-state index in [0.717, 1.165) is 12.1 Å². The van der Waals surface area contributed by atoms with E-state index in [2.05, 4.69) is 0 Å². The summed E-state index contributed by atoms with van der Waals surface area (Å²) in [5.74, 6) is -0.305. The van der Waals surface area contributed by atoms with Crippen LogP contribution in [0.15, 0.2) is 29.2 Å². The smallest absolute Gasteiger partial charge is 0.243 e. The van der Waals surface area contributed by atoms with Crippen LogP contribution in [-0.2, 0) is 10.0 Å². The van der Waals surface area contributed by atoms with E-state index in [1.165, 1.54) is 16.4 Å². The Balaban J connectivity index is 2.28. The molecule has 0 aliphatic carbocycles. The highest BCUT2D eigenvalue weighted by molar-refractivity contribution is 7.89. The lowest BCUT2D eigenvalue weighted by molar-refractivity contribution is 0.464. The molecule has 6 heteroatoms. The van der Waals surface area contributed by atoms with Crippen LogP contribution in [0.25, 0.3) is 0 Å². The molecule has 0 amide bonds. The number of halogens is 1. The van der Waals surface area contributed by atoms with Crippen molar-refractivity contribution in [3.05, 3.63) is 30.1 Å². The number of nitrogens with two attached hydrogens (primary N) is 1. The minimum absolute atomic E-state index is 0.111. The van der Waals surface area contributed by atoms with E-state index in [1.54, 1.807) is 0 Å². The summed E-state index contributed by atoms with van der Waals surface area (Å²) in [6.45, 7) is 2.66. The number of hydrogen-bond acceptors (Lipinski definition) is 3. The minimum atomic E-state index is -3.53. The minimum Gasteiger partial charge on any atom is -0.326 e. The van der Waals surface area contributed by atoms with Crippen molar-refractivity contribution in [2.75, 3.05) is 13.1 Å². The fourth-order valence-electron chi connectivity index (χ4n) is 1.90. The van der Waals surface area contributed by atoms with Gasteiger partial charge in [-0.15, -0.1) is 0 Å². The van der Waals surface area contributed by atoms with Crippen molar-refractivity contribution in [2.24, 2.45) is 11.7 Å². The Morgan fingerprint density at radius 1 is 1.29 bits per heavy atom. The summed E-state index contributed by atoms with van der Waals surface area (Å²) in [5, 5.41) is 0. The fourth-order valence-corrected chi connectivity index (χ4v) is 3.48. The molecule has 1 fully saturated rings. The normalized spacial score (nSPS) is 26.3. The maximum Gasteiger partial charge on any atom is 0.243 e. The maximum absolute atomic E-state index is 12.7. The fraction of sp³-hybridized carbons (Fsp3) is 0.455. The van der Waals surface area contributed by atoms with Gasteiger partial charge in [-0.2, -0.15) is 4.31 Å². The quantitative estimate of drug-likeness (QED) is 0.853. The molecule has 0 spiro atoms. The van der Waals surface area contributed by atoms with E-state index >= 15 is 0 Å². The highest BCUT2D eigenvalue weighted by atomic mass is 32.2. The van der Waals surface area contributed by atoms with Gasteiger partial charge in [0, 0.05) is 19.1 Å². The third-order valence-corrected chi connectivity index (χ3v) is 4.93. The molecular formula is C11H15FN2O2S. The van der Waals surface area contributed by atoms with Crippen molar-refractivity contribution in [1.82, 2.24) is 4.31 Å². The van der Waals surface area contributed by atoms with Crippen molar-refractivity contribution in [3.8, 4) is 0 Å². The monoisotopic (exact) mass is 258 g/mol. The van der Waals surface area contributed by atoms with E-state index in [4.69, 9.17) is 5.73 Å². The van der Waals surface area contributed by atoms with Gasteiger partial charge in [0.2, 0.25) is 10.0 Å². The van der Waals surface area contributed by atoms with Gasteiger partial charge in [0.1, 0.15) is 5.82 Å². The summed E-state index contributed by atoms with van der Waals surface area (Å²) in [6.07, 6.45) is 0. The molecule has 0 bridgehead atoms. The lowest BCUT2D eigenvalue weighted by Gasteiger charge is -2.15. The van der Waals surface area contributed by atoms with E-state index in [0.29, 0.717) is 13.1 Å². The van der Waals surface area contributed by atoms with Crippen molar-refractivity contribution in [1.29, 1.82) is 0 Å². The molecule has 0 saturated carbocycles. The molecular weight excluding hydrogens is 243 g/mol. The first-order valence-corrected chi connectivity index (χ1v) is 6.86. The summed E-state index contributed by atoms with van der Waals surface area (Å²) in [4.78, 5) is 0.111. The number of rotatable bonds is 2. The average molecular weight is 258 g/mol. The van der Waals surface area contributed by atoms with Gasteiger partial charge < -0.3 is 5.73 Å². The van der Waals surface area contributed by atoms with Crippen molar-refractivity contribution >= 4 is 10.0 Å². The lowest BCUT2D eigenvalue weighted by Crippen LogP contribution is -2.32. The zero-order valence-electron chi connectivity index (χ0n) is 9.51. The Labute approximate surface area is 100 Å². The Kier molecular flexibility index (Phi) is 3.20. The van der Waals surface area contributed by atoms with Crippen LogP contribution in [0.5, 0.6) is 0 Å². The molecule has 0 radical (unpaired) electrons. The van der Waals surface area contributed by atoms with Crippen LogP contribution in [0.4, 0.5) is 4.39 Å². The molecule has 2 atom stereocenters. The van der Waals surface area contributed by atoms with E-state index in [-0.39, 0.29) is 16.9 Å². The molecule has 1 aromatic rings. The predicted molar refractivity (Wildman–Crippen MR) is 62.3 cm³/mol. The Morgan fingerprint density at radius 2 is 1.88 bits per heavy atom. The summed E-state index contributed by atoms with van der Waals surface area (Å²) in [6, 6.07) is 4.71. The van der Waals surface area contributed by atoms with Crippen LogP contribution >= 0.6 is 0 Å². The number of sulfonamides is 1. The second kappa shape index (κ2) is 4.36. The van der Waals surface area contributed by atoms with Gasteiger partial charge >= 0.3 is 0 Å². The zero-order valence-corrected chi connectivity index (χ0v) is 10.3. The van der Waals surface area contributed by atoms with Crippen LogP contribution in [0, 0.1) is 11.7 Å². The highest BCUT2D eigenvalue weighted by Gasteiger charge is 2.35. The lowest BCUT2D eigenvalue weighted by atomic mass is 10.1. The van der Waals surface area contributed by atoms with Crippen LogP contribution in [0.2, 0.25) is 0 Å². The van der Waals surface area contributed by atoms with Gasteiger partial charge in [0.15, 0.2) is 0 Å². The molecule has 1 heterocycles. The molecule has 0 aromatic heterocycles. The van der Waals surface area contributed by atoms with Gasteiger partial charge in [0.05, 0.1) is 4.90 Å². The largest absolute Gasteiger partial charge is 0.326 e. The molecule has 1 aliphatic heterocycles. The first kappa shape index (κ1) is 12.5. The van der Waals surface area contributed by atoms with Gasteiger partial charge in [-0.3, -0.25) is 0 Å². The third-order valence-electron chi connectivity index (χ3n) is 3.09. The standard InChI is InChI=1S/C11H15FN2O2S/c1-8-6-14(7-11(8)13)17(15,16)10-4-2-9(12)3-5-10/h2-5,8,11H,6-7,13H2,1H3. The van der Waals surface area contributed by atoms with Gasteiger partial charge in [-0.1, -0.05) is 6.92 Å². The summed E-state index contributed by atoms with van der Waals surface area (Å²) in [7, 11) is -3.53. The van der Waals surface area contributed by atoms with E-state index < -0.39 is 15.8 Å². The molecule has 2 rings (SSSR count). The summed E-state index contributed by atoms with van der Waals surface area (Å²) in [5.41, 5.74) is 5.80. The van der Waals surface area contributed by atoms with Crippen LogP contribution < -0.4 is 5.73 Å². The second-order valence-corrected chi connectivity index (χ2v) is 6.36. The van der Waals surface area contributed by atoms with Crippen molar-refractivity contribution in [3.63, 3.8) is 0 Å². The summed E-state index contributed by atoms with van der Waals surface area (Å²) >= 11 is 0. The SMILES string of the molecule is CC1CN(S(=O)(=O)c2ccc(F)cc2)CC1N. The molecule has 1 saturated heterocycles. The number of hydrogen-bond donors (Lipinski definition) is 1. The number of nitrogens with zero attached hydrogens (tertiary/aromatic N) is 1. The zero-order chi connectivity index (χ0) is 12.6. The molecule has 1 aromatic carbocycles. The molecule has 94 valence electrons.